The Labute approximate surface area is 159 Å². The molecule has 1 amide bonds. The normalized spacial score (nSPS) is 11.4. The van der Waals surface area contributed by atoms with Gasteiger partial charge in [-0.15, -0.1) is 0 Å². The van der Waals surface area contributed by atoms with Crippen LogP contribution in [0.2, 0.25) is 0 Å². The van der Waals surface area contributed by atoms with Crippen molar-refractivity contribution >= 4 is 13.2 Å². The van der Waals surface area contributed by atoms with E-state index >= 15 is 0 Å². The maximum atomic E-state index is 12.0. The van der Waals surface area contributed by atoms with Gasteiger partial charge in [-0.05, 0) is 49.1 Å². The van der Waals surface area contributed by atoms with E-state index in [1.807, 2.05) is 44.2 Å². The summed E-state index contributed by atoms with van der Waals surface area (Å²) in [7, 11) is -1.70. The van der Waals surface area contributed by atoms with Crippen molar-refractivity contribution in [3.8, 4) is 6.07 Å². The van der Waals surface area contributed by atoms with Gasteiger partial charge in [-0.3, -0.25) is 0 Å². The minimum Gasteiger partial charge on any atom is -0.449 e. The fourth-order valence-corrected chi connectivity index (χ4v) is 2.74. The summed E-state index contributed by atoms with van der Waals surface area (Å²) in [5, 5.41) is 30.5. The molecule has 0 heterocycles. The summed E-state index contributed by atoms with van der Waals surface area (Å²) in [5.74, 6) is -0.871. The van der Waals surface area contributed by atoms with E-state index in [0.29, 0.717) is 12.0 Å². The molecule has 0 spiro atoms. The monoisotopic (exact) mass is 366 g/mol. The summed E-state index contributed by atoms with van der Waals surface area (Å²) >= 11 is 0. The molecule has 0 saturated carbocycles. The third kappa shape index (κ3) is 6.78. The van der Waals surface area contributed by atoms with Crippen molar-refractivity contribution in [2.45, 2.75) is 32.6 Å². The largest absolute Gasteiger partial charge is 0.475 e. The van der Waals surface area contributed by atoms with Gasteiger partial charge in [0, 0.05) is 6.42 Å². The number of aryl methyl sites for hydroxylation is 2. The highest BCUT2D eigenvalue weighted by molar-refractivity contribution is 6.43. The SMILES string of the molecule is Cc1ccc(C[C@H](NC(=O)OCCc2cc(C)cc(C#N)c2)B(O)O)cc1. The number of carbonyl (C=O) groups is 1. The van der Waals surface area contributed by atoms with Gasteiger partial charge in [-0.2, -0.15) is 5.26 Å². The van der Waals surface area contributed by atoms with Crippen LogP contribution < -0.4 is 5.32 Å². The average Bonchev–Trinajstić information content (AvgIpc) is 2.62. The first-order valence-electron chi connectivity index (χ1n) is 8.73. The van der Waals surface area contributed by atoms with Crippen LogP contribution in [0, 0.1) is 25.2 Å². The zero-order valence-corrected chi connectivity index (χ0v) is 15.5. The number of carbonyl (C=O) groups excluding carboxylic acids is 1. The van der Waals surface area contributed by atoms with Gasteiger partial charge in [0.15, 0.2) is 0 Å². The van der Waals surface area contributed by atoms with Crippen LogP contribution in [0.15, 0.2) is 42.5 Å². The van der Waals surface area contributed by atoms with Crippen molar-refractivity contribution in [2.24, 2.45) is 0 Å². The maximum absolute atomic E-state index is 12.0. The quantitative estimate of drug-likeness (QED) is 0.651. The lowest BCUT2D eigenvalue weighted by Gasteiger charge is -2.18. The van der Waals surface area contributed by atoms with Gasteiger partial charge in [-0.1, -0.05) is 35.9 Å². The van der Waals surface area contributed by atoms with Crippen LogP contribution >= 0.6 is 0 Å². The molecule has 2 rings (SSSR count). The van der Waals surface area contributed by atoms with Crippen molar-refractivity contribution < 1.29 is 19.6 Å². The molecule has 0 aliphatic carbocycles. The minimum absolute atomic E-state index is 0.124. The average molecular weight is 366 g/mol. The van der Waals surface area contributed by atoms with Gasteiger partial charge in [0.2, 0.25) is 0 Å². The minimum atomic E-state index is -1.70. The first-order chi connectivity index (χ1) is 12.9. The first kappa shape index (κ1) is 20.5. The van der Waals surface area contributed by atoms with E-state index in [9.17, 15) is 14.8 Å². The third-order valence-corrected chi connectivity index (χ3v) is 4.13. The van der Waals surface area contributed by atoms with Gasteiger partial charge in [0.05, 0.1) is 24.2 Å². The Balaban J connectivity index is 1.86. The second-order valence-electron chi connectivity index (χ2n) is 6.56. The molecule has 27 heavy (non-hydrogen) atoms. The summed E-state index contributed by atoms with van der Waals surface area (Å²) in [6.45, 7) is 3.99. The van der Waals surface area contributed by atoms with Crippen LogP contribution in [0.4, 0.5) is 4.79 Å². The Bertz CT molecular complexity index is 816. The molecule has 140 valence electrons. The molecule has 0 bridgehead atoms. The lowest BCUT2D eigenvalue weighted by atomic mass is 9.76. The number of ether oxygens (including phenoxy) is 1. The van der Waals surface area contributed by atoms with Gasteiger partial charge in [0.25, 0.3) is 0 Å². The van der Waals surface area contributed by atoms with Crippen LogP contribution in [0.25, 0.3) is 0 Å². The molecule has 0 aliphatic heterocycles. The van der Waals surface area contributed by atoms with Crippen LogP contribution in [0.5, 0.6) is 0 Å². The number of nitrogens with zero attached hydrogens (tertiary/aromatic N) is 1. The fourth-order valence-electron chi connectivity index (χ4n) is 2.74. The molecule has 0 fully saturated rings. The number of hydrogen-bond donors (Lipinski definition) is 3. The maximum Gasteiger partial charge on any atom is 0.475 e. The predicted octanol–water partition coefficient (Wildman–Crippen LogP) is 2.07. The summed E-state index contributed by atoms with van der Waals surface area (Å²) < 4.78 is 5.14. The molecule has 0 aliphatic rings. The van der Waals surface area contributed by atoms with E-state index in [1.54, 1.807) is 12.1 Å². The highest BCUT2D eigenvalue weighted by Crippen LogP contribution is 2.10. The van der Waals surface area contributed by atoms with E-state index in [2.05, 4.69) is 11.4 Å². The van der Waals surface area contributed by atoms with Crippen molar-refractivity contribution in [3.05, 3.63) is 70.3 Å². The van der Waals surface area contributed by atoms with Crippen molar-refractivity contribution in [1.29, 1.82) is 5.26 Å². The van der Waals surface area contributed by atoms with Crippen LogP contribution in [0.1, 0.15) is 27.8 Å². The topological polar surface area (TPSA) is 103 Å². The number of alkyl carbamates (subject to hydrolysis) is 1. The summed E-state index contributed by atoms with van der Waals surface area (Å²) in [6, 6.07) is 15.2. The Morgan fingerprint density at radius 2 is 1.85 bits per heavy atom. The number of nitriles is 1. The molecule has 0 radical (unpaired) electrons. The van der Waals surface area contributed by atoms with Crippen molar-refractivity contribution in [1.82, 2.24) is 5.32 Å². The molecular formula is C20H23BN2O4. The van der Waals surface area contributed by atoms with E-state index in [-0.39, 0.29) is 13.0 Å². The molecule has 7 heteroatoms. The van der Waals surface area contributed by atoms with Gasteiger partial charge >= 0.3 is 13.2 Å². The molecule has 2 aromatic carbocycles. The fraction of sp³-hybridized carbons (Fsp3) is 0.300. The Morgan fingerprint density at radius 1 is 1.15 bits per heavy atom. The second kappa shape index (κ2) is 9.76. The molecular weight excluding hydrogens is 343 g/mol. The zero-order chi connectivity index (χ0) is 19.8. The molecule has 0 aromatic heterocycles. The number of nitrogens with one attached hydrogen (secondary N) is 1. The Kier molecular flexibility index (Phi) is 7.41. The Hall–Kier alpha value is -2.82. The summed E-state index contributed by atoms with van der Waals surface area (Å²) in [6.07, 6.45) is 0.0261. The standard InChI is InChI=1S/C20H23BN2O4/c1-14-3-5-16(6-4-14)12-19(21(25)26)23-20(24)27-8-7-17-9-15(2)10-18(11-17)13-22/h3-6,9-11,19,25-26H,7-8,12H2,1-2H3,(H,23,24)/t19-/m0/s1. The van der Waals surface area contributed by atoms with Gasteiger partial charge in [0.1, 0.15) is 0 Å². The van der Waals surface area contributed by atoms with Crippen LogP contribution in [0.3, 0.4) is 0 Å². The van der Waals surface area contributed by atoms with Crippen molar-refractivity contribution in [2.75, 3.05) is 6.61 Å². The highest BCUT2D eigenvalue weighted by Gasteiger charge is 2.26. The number of hydrogen-bond acceptors (Lipinski definition) is 5. The first-order valence-corrected chi connectivity index (χ1v) is 8.73. The van der Waals surface area contributed by atoms with Crippen LogP contribution in [-0.2, 0) is 17.6 Å². The van der Waals surface area contributed by atoms with Gasteiger partial charge < -0.3 is 20.1 Å². The van der Waals surface area contributed by atoms with Gasteiger partial charge in [-0.25, -0.2) is 4.79 Å². The lowest BCUT2D eigenvalue weighted by Crippen LogP contribution is -2.48. The molecule has 2 aromatic rings. The van der Waals surface area contributed by atoms with E-state index in [0.717, 1.165) is 22.3 Å². The number of rotatable bonds is 7. The van der Waals surface area contributed by atoms with E-state index < -0.39 is 19.2 Å². The Morgan fingerprint density at radius 3 is 2.48 bits per heavy atom. The second-order valence-corrected chi connectivity index (χ2v) is 6.56. The lowest BCUT2D eigenvalue weighted by molar-refractivity contribution is 0.144. The summed E-state index contributed by atoms with van der Waals surface area (Å²) in [4.78, 5) is 12.0. The molecule has 6 nitrogen and oxygen atoms in total. The smallest absolute Gasteiger partial charge is 0.449 e. The number of benzene rings is 2. The highest BCUT2D eigenvalue weighted by atomic mass is 16.5. The predicted molar refractivity (Wildman–Crippen MR) is 103 cm³/mol. The van der Waals surface area contributed by atoms with E-state index in [1.165, 1.54) is 0 Å². The molecule has 0 saturated heterocycles. The number of amides is 1. The van der Waals surface area contributed by atoms with E-state index in [4.69, 9.17) is 10.00 Å². The molecule has 1 atom stereocenters. The van der Waals surface area contributed by atoms with Crippen LogP contribution in [-0.4, -0.2) is 35.8 Å². The zero-order valence-electron chi connectivity index (χ0n) is 15.5. The third-order valence-electron chi connectivity index (χ3n) is 4.13. The summed E-state index contributed by atoms with van der Waals surface area (Å²) in [5.41, 5.74) is 4.41. The van der Waals surface area contributed by atoms with Crippen molar-refractivity contribution in [3.63, 3.8) is 0 Å². The molecule has 0 unspecified atom stereocenters. The molecule has 3 N–H and O–H groups in total.